The first-order valence-corrected chi connectivity index (χ1v) is 6.68. The maximum atomic E-state index is 12.0. The molecule has 21 heavy (non-hydrogen) atoms. The van der Waals surface area contributed by atoms with Gasteiger partial charge in [-0.15, -0.1) is 0 Å². The Morgan fingerprint density at radius 1 is 1.29 bits per heavy atom. The van der Waals surface area contributed by atoms with Gasteiger partial charge in [0, 0.05) is 18.0 Å². The molecule has 0 bridgehead atoms. The van der Waals surface area contributed by atoms with Crippen molar-refractivity contribution in [3.05, 3.63) is 59.9 Å². The number of pyridine rings is 1. The summed E-state index contributed by atoms with van der Waals surface area (Å²) in [5.74, 6) is 1.25. The first-order valence-electron chi connectivity index (χ1n) is 6.68. The lowest BCUT2D eigenvalue weighted by atomic mass is 10.1. The number of methoxy groups -OCH3 is 1. The van der Waals surface area contributed by atoms with Crippen molar-refractivity contribution < 1.29 is 14.3 Å². The number of nitrogens with zero attached hydrogens (tertiary/aromatic N) is 1. The Labute approximate surface area is 124 Å². The molecule has 2 rings (SSSR count). The molecule has 1 heterocycles. The van der Waals surface area contributed by atoms with Crippen LogP contribution in [0.1, 0.15) is 22.8 Å². The summed E-state index contributed by atoms with van der Waals surface area (Å²) in [7, 11) is 1.60. The van der Waals surface area contributed by atoms with Crippen LogP contribution in [-0.4, -0.2) is 24.5 Å². The van der Waals surface area contributed by atoms with Crippen LogP contribution in [0.4, 0.5) is 0 Å². The summed E-state index contributed by atoms with van der Waals surface area (Å²) >= 11 is 0. The molecule has 0 radical (unpaired) electrons. The van der Waals surface area contributed by atoms with E-state index in [1.165, 1.54) is 6.08 Å². The van der Waals surface area contributed by atoms with Crippen LogP contribution in [0.5, 0.6) is 11.5 Å². The Morgan fingerprint density at radius 3 is 2.81 bits per heavy atom. The molecule has 4 nitrogen and oxygen atoms in total. The summed E-state index contributed by atoms with van der Waals surface area (Å²) in [4.78, 5) is 15.9. The van der Waals surface area contributed by atoms with E-state index >= 15 is 0 Å². The van der Waals surface area contributed by atoms with Gasteiger partial charge in [0.05, 0.1) is 13.7 Å². The van der Waals surface area contributed by atoms with Gasteiger partial charge in [-0.2, -0.15) is 0 Å². The zero-order chi connectivity index (χ0) is 15.1. The number of carbonyl (C=O) groups is 1. The quantitative estimate of drug-likeness (QED) is 0.602. The van der Waals surface area contributed by atoms with Crippen LogP contribution in [0.15, 0.2) is 48.8 Å². The molecule has 108 valence electrons. The minimum absolute atomic E-state index is 0.0862. The van der Waals surface area contributed by atoms with Gasteiger partial charge in [0.15, 0.2) is 17.3 Å². The molecule has 0 amide bonds. The molecule has 1 aromatic carbocycles. The highest BCUT2D eigenvalue weighted by Crippen LogP contribution is 2.28. The minimum Gasteiger partial charge on any atom is -0.493 e. The number of carbonyl (C=O) groups excluding carboxylic acids is 1. The fraction of sp³-hybridized carbons (Fsp3) is 0.176. The van der Waals surface area contributed by atoms with Crippen LogP contribution in [0.3, 0.4) is 0 Å². The van der Waals surface area contributed by atoms with Crippen molar-refractivity contribution in [2.24, 2.45) is 0 Å². The summed E-state index contributed by atoms with van der Waals surface area (Å²) in [6.45, 7) is 2.46. The van der Waals surface area contributed by atoms with Gasteiger partial charge in [-0.1, -0.05) is 12.1 Å². The first kappa shape index (κ1) is 14.8. The predicted molar refractivity (Wildman–Crippen MR) is 81.8 cm³/mol. The third-order valence-corrected chi connectivity index (χ3v) is 2.86. The molecule has 0 atom stereocenters. The number of rotatable bonds is 6. The zero-order valence-corrected chi connectivity index (χ0v) is 12.1. The highest BCUT2D eigenvalue weighted by atomic mass is 16.5. The Hall–Kier alpha value is -2.62. The van der Waals surface area contributed by atoms with E-state index in [-0.39, 0.29) is 5.78 Å². The van der Waals surface area contributed by atoms with Gasteiger partial charge >= 0.3 is 0 Å². The predicted octanol–water partition coefficient (Wildman–Crippen LogP) is 3.39. The van der Waals surface area contributed by atoms with Crippen LogP contribution in [-0.2, 0) is 0 Å². The maximum Gasteiger partial charge on any atom is 0.187 e. The standard InChI is InChI=1S/C17H17NO3/c1-3-21-17-11-13(7-9-16(17)20-2)6-8-15(19)14-5-4-10-18-12-14/h4-12H,3H2,1-2H3/b8-6+. The monoisotopic (exact) mass is 283 g/mol. The summed E-state index contributed by atoms with van der Waals surface area (Å²) in [5.41, 5.74) is 1.43. The molecule has 2 aromatic rings. The van der Waals surface area contributed by atoms with E-state index in [9.17, 15) is 4.79 Å². The number of hydrogen-bond acceptors (Lipinski definition) is 4. The SMILES string of the molecule is CCOc1cc(/C=C/C(=O)c2cccnc2)ccc1OC. The van der Waals surface area contributed by atoms with Gasteiger partial charge in [0.25, 0.3) is 0 Å². The fourth-order valence-corrected chi connectivity index (χ4v) is 1.84. The maximum absolute atomic E-state index is 12.0. The normalized spacial score (nSPS) is 10.6. The number of hydrogen-bond donors (Lipinski definition) is 0. The Morgan fingerprint density at radius 2 is 2.14 bits per heavy atom. The van der Waals surface area contributed by atoms with Crippen LogP contribution >= 0.6 is 0 Å². The van der Waals surface area contributed by atoms with Crippen LogP contribution in [0.25, 0.3) is 6.08 Å². The molecule has 0 saturated heterocycles. The lowest BCUT2D eigenvalue weighted by Crippen LogP contribution is -1.96. The molecule has 1 aromatic heterocycles. The van der Waals surface area contributed by atoms with E-state index in [1.54, 1.807) is 37.7 Å². The average molecular weight is 283 g/mol. The van der Waals surface area contributed by atoms with Gasteiger partial charge in [-0.25, -0.2) is 0 Å². The van der Waals surface area contributed by atoms with Crippen molar-refractivity contribution in [3.8, 4) is 11.5 Å². The summed E-state index contributed by atoms with van der Waals surface area (Å²) in [6.07, 6.45) is 6.45. The van der Waals surface area contributed by atoms with E-state index in [0.717, 1.165) is 5.56 Å². The number of ether oxygens (including phenoxy) is 2. The zero-order valence-electron chi connectivity index (χ0n) is 12.1. The van der Waals surface area contributed by atoms with E-state index in [0.29, 0.717) is 23.7 Å². The number of allylic oxidation sites excluding steroid dienone is 1. The van der Waals surface area contributed by atoms with E-state index < -0.39 is 0 Å². The molecule has 0 aliphatic heterocycles. The molecule has 0 fully saturated rings. The fourth-order valence-electron chi connectivity index (χ4n) is 1.84. The molecule has 0 N–H and O–H groups in total. The van der Waals surface area contributed by atoms with Crippen LogP contribution in [0, 0.1) is 0 Å². The number of ketones is 1. The lowest BCUT2D eigenvalue weighted by Gasteiger charge is -2.09. The Bertz CT molecular complexity index is 636. The van der Waals surface area contributed by atoms with Crippen molar-refractivity contribution in [2.45, 2.75) is 6.92 Å². The van der Waals surface area contributed by atoms with E-state index in [1.807, 2.05) is 25.1 Å². The van der Waals surface area contributed by atoms with Gasteiger partial charge in [0.1, 0.15) is 0 Å². The van der Waals surface area contributed by atoms with Gasteiger partial charge in [0.2, 0.25) is 0 Å². The second kappa shape index (κ2) is 7.24. The molecule has 0 unspecified atom stereocenters. The van der Waals surface area contributed by atoms with Crippen molar-refractivity contribution in [1.82, 2.24) is 4.98 Å². The highest BCUT2D eigenvalue weighted by Gasteiger charge is 2.05. The molecule has 0 spiro atoms. The highest BCUT2D eigenvalue weighted by molar-refractivity contribution is 6.06. The van der Waals surface area contributed by atoms with Gasteiger partial charge in [-0.3, -0.25) is 9.78 Å². The second-order valence-corrected chi connectivity index (χ2v) is 4.28. The Balaban J connectivity index is 2.17. The molecular weight excluding hydrogens is 266 g/mol. The van der Waals surface area contributed by atoms with Crippen LogP contribution < -0.4 is 9.47 Å². The van der Waals surface area contributed by atoms with Gasteiger partial charge in [-0.05, 0) is 42.8 Å². The average Bonchev–Trinajstić information content (AvgIpc) is 2.54. The lowest BCUT2D eigenvalue weighted by molar-refractivity contribution is 0.104. The van der Waals surface area contributed by atoms with Gasteiger partial charge < -0.3 is 9.47 Å². The van der Waals surface area contributed by atoms with Crippen LogP contribution in [0.2, 0.25) is 0 Å². The van der Waals surface area contributed by atoms with E-state index in [2.05, 4.69) is 4.98 Å². The smallest absolute Gasteiger partial charge is 0.187 e. The summed E-state index contributed by atoms with van der Waals surface area (Å²) in [6, 6.07) is 9.00. The largest absolute Gasteiger partial charge is 0.493 e. The summed E-state index contributed by atoms with van der Waals surface area (Å²) in [5, 5.41) is 0. The molecule has 0 aliphatic carbocycles. The first-order chi connectivity index (χ1) is 10.2. The molecular formula is C17H17NO3. The summed E-state index contributed by atoms with van der Waals surface area (Å²) < 4.78 is 10.7. The number of benzene rings is 1. The topological polar surface area (TPSA) is 48.4 Å². The number of aromatic nitrogens is 1. The molecule has 0 aliphatic rings. The second-order valence-electron chi connectivity index (χ2n) is 4.28. The molecule has 0 saturated carbocycles. The van der Waals surface area contributed by atoms with Crippen molar-refractivity contribution in [3.63, 3.8) is 0 Å². The third-order valence-electron chi connectivity index (χ3n) is 2.86. The molecule has 4 heteroatoms. The van der Waals surface area contributed by atoms with Crippen molar-refractivity contribution in [1.29, 1.82) is 0 Å². The minimum atomic E-state index is -0.0862. The van der Waals surface area contributed by atoms with Crippen molar-refractivity contribution in [2.75, 3.05) is 13.7 Å². The van der Waals surface area contributed by atoms with E-state index in [4.69, 9.17) is 9.47 Å². The van der Waals surface area contributed by atoms with Crippen molar-refractivity contribution >= 4 is 11.9 Å². The third kappa shape index (κ3) is 3.92. The Kier molecular flexibility index (Phi) is 5.10.